The van der Waals surface area contributed by atoms with E-state index in [2.05, 4.69) is 16.4 Å². The lowest BCUT2D eigenvalue weighted by molar-refractivity contribution is 0.0600. The maximum absolute atomic E-state index is 13.6. The Kier molecular flexibility index (Phi) is 6.63. The minimum atomic E-state index is -0.524. The van der Waals surface area contributed by atoms with Crippen molar-refractivity contribution in [3.05, 3.63) is 107 Å². The number of methoxy groups -OCH3 is 1. The van der Waals surface area contributed by atoms with Gasteiger partial charge in [0, 0.05) is 29.2 Å². The fraction of sp³-hybridized carbons (Fsp3) is 0.148. The Labute approximate surface area is 191 Å². The summed E-state index contributed by atoms with van der Waals surface area (Å²) in [5.41, 5.74) is 4.27. The van der Waals surface area contributed by atoms with Crippen molar-refractivity contribution in [1.82, 2.24) is 10.3 Å². The zero-order chi connectivity index (χ0) is 23.2. The van der Waals surface area contributed by atoms with Gasteiger partial charge in [-0.25, -0.2) is 4.79 Å². The predicted octanol–water partition coefficient (Wildman–Crippen LogP) is 4.58. The molecule has 2 N–H and O–H groups in total. The van der Waals surface area contributed by atoms with Crippen LogP contribution in [0.2, 0.25) is 0 Å². The van der Waals surface area contributed by atoms with E-state index in [-0.39, 0.29) is 5.78 Å². The highest BCUT2D eigenvalue weighted by Gasteiger charge is 2.24. The van der Waals surface area contributed by atoms with Crippen molar-refractivity contribution in [1.29, 1.82) is 5.26 Å². The fourth-order valence-corrected chi connectivity index (χ4v) is 3.84. The monoisotopic (exact) mass is 437 g/mol. The van der Waals surface area contributed by atoms with Crippen LogP contribution in [0.5, 0.6) is 0 Å². The molecule has 6 heteroatoms. The Morgan fingerprint density at radius 3 is 2.52 bits per heavy atom. The number of nitrogens with one attached hydrogen (secondary N) is 2. The lowest BCUT2D eigenvalue weighted by atomic mass is 9.96. The van der Waals surface area contributed by atoms with E-state index in [1.54, 1.807) is 36.5 Å². The quantitative estimate of drug-likeness (QED) is 0.311. The second-order valence-corrected chi connectivity index (χ2v) is 7.68. The van der Waals surface area contributed by atoms with Crippen LogP contribution < -0.4 is 5.32 Å². The molecule has 0 bridgehead atoms. The molecule has 6 nitrogen and oxygen atoms in total. The van der Waals surface area contributed by atoms with Crippen molar-refractivity contribution in [2.24, 2.45) is 0 Å². The number of ether oxygens (including phenoxy) is 1. The molecule has 1 unspecified atom stereocenters. The maximum Gasteiger partial charge on any atom is 0.337 e. The van der Waals surface area contributed by atoms with E-state index in [0.717, 1.165) is 22.9 Å². The molecule has 0 saturated heterocycles. The highest BCUT2D eigenvalue weighted by Crippen LogP contribution is 2.26. The van der Waals surface area contributed by atoms with E-state index in [9.17, 15) is 9.59 Å². The van der Waals surface area contributed by atoms with Crippen molar-refractivity contribution < 1.29 is 14.3 Å². The first-order chi connectivity index (χ1) is 16.1. The second kappa shape index (κ2) is 9.94. The van der Waals surface area contributed by atoms with Gasteiger partial charge in [-0.1, -0.05) is 48.5 Å². The maximum atomic E-state index is 13.6. The summed E-state index contributed by atoms with van der Waals surface area (Å²) in [5, 5.41) is 13.1. The van der Waals surface area contributed by atoms with Gasteiger partial charge in [-0.15, -0.1) is 0 Å². The predicted molar refractivity (Wildman–Crippen MR) is 126 cm³/mol. The fourth-order valence-electron chi connectivity index (χ4n) is 3.84. The molecule has 1 heterocycles. The first-order valence-corrected chi connectivity index (χ1v) is 10.6. The van der Waals surface area contributed by atoms with Crippen LogP contribution in [-0.4, -0.2) is 30.4 Å². The van der Waals surface area contributed by atoms with Gasteiger partial charge in [0.2, 0.25) is 0 Å². The van der Waals surface area contributed by atoms with Gasteiger partial charge < -0.3 is 15.0 Å². The average molecular weight is 437 g/mol. The topological polar surface area (TPSA) is 95.0 Å². The van der Waals surface area contributed by atoms with Crippen molar-refractivity contribution in [2.45, 2.75) is 12.5 Å². The van der Waals surface area contributed by atoms with Gasteiger partial charge in [0.1, 0.15) is 0 Å². The summed E-state index contributed by atoms with van der Waals surface area (Å²) in [4.78, 5) is 28.5. The Hall–Kier alpha value is -4.21. The Morgan fingerprint density at radius 2 is 1.82 bits per heavy atom. The smallest absolute Gasteiger partial charge is 0.337 e. The van der Waals surface area contributed by atoms with Crippen molar-refractivity contribution in [3.63, 3.8) is 0 Å². The molecule has 0 radical (unpaired) electrons. The minimum Gasteiger partial charge on any atom is -0.465 e. The first-order valence-electron chi connectivity index (χ1n) is 10.6. The number of fused-ring (bicyclic) bond motifs is 1. The lowest BCUT2D eigenvalue weighted by Gasteiger charge is -2.18. The van der Waals surface area contributed by atoms with Crippen LogP contribution in [0.15, 0.2) is 79.0 Å². The van der Waals surface area contributed by atoms with Crippen LogP contribution in [0.25, 0.3) is 10.9 Å². The van der Waals surface area contributed by atoms with E-state index in [1.807, 2.05) is 42.5 Å². The number of ketones is 1. The molecule has 0 aliphatic rings. The number of hydrogen-bond donors (Lipinski definition) is 2. The zero-order valence-electron chi connectivity index (χ0n) is 18.2. The Morgan fingerprint density at radius 1 is 1.06 bits per heavy atom. The first kappa shape index (κ1) is 22.0. The van der Waals surface area contributed by atoms with E-state index < -0.39 is 12.0 Å². The summed E-state index contributed by atoms with van der Waals surface area (Å²) in [6.07, 6.45) is 2.41. The van der Waals surface area contributed by atoms with E-state index in [1.165, 1.54) is 7.11 Å². The summed E-state index contributed by atoms with van der Waals surface area (Å²) >= 11 is 0. The third kappa shape index (κ3) is 4.84. The van der Waals surface area contributed by atoms with Gasteiger partial charge in [0.05, 0.1) is 30.3 Å². The van der Waals surface area contributed by atoms with E-state index >= 15 is 0 Å². The normalized spacial score (nSPS) is 11.6. The molecule has 1 atom stereocenters. The lowest BCUT2D eigenvalue weighted by Crippen LogP contribution is -2.30. The molecule has 164 valence electrons. The second-order valence-electron chi connectivity index (χ2n) is 7.68. The zero-order valence-corrected chi connectivity index (χ0v) is 18.2. The van der Waals surface area contributed by atoms with Crippen LogP contribution in [0, 0.1) is 11.3 Å². The summed E-state index contributed by atoms with van der Waals surface area (Å²) < 4.78 is 4.78. The van der Waals surface area contributed by atoms with Crippen LogP contribution in [-0.2, 0) is 11.2 Å². The number of nitriles is 1. The SMILES string of the molecule is COC(=O)c1ccc2c(C(=O)C(NCCc3ccc(C#N)cc3)c3ccccc3)c[nH]c2c1. The van der Waals surface area contributed by atoms with Gasteiger partial charge in [-0.3, -0.25) is 4.79 Å². The van der Waals surface area contributed by atoms with Crippen LogP contribution in [0.3, 0.4) is 0 Å². The van der Waals surface area contributed by atoms with Gasteiger partial charge in [0.25, 0.3) is 0 Å². The largest absolute Gasteiger partial charge is 0.465 e. The third-order valence-electron chi connectivity index (χ3n) is 5.61. The molecule has 1 aromatic heterocycles. The molecule has 3 aromatic carbocycles. The molecule has 33 heavy (non-hydrogen) atoms. The summed E-state index contributed by atoms with van der Waals surface area (Å²) in [6, 6.07) is 23.8. The van der Waals surface area contributed by atoms with Gasteiger partial charge >= 0.3 is 5.97 Å². The third-order valence-corrected chi connectivity index (χ3v) is 5.61. The number of carbonyl (C=O) groups excluding carboxylic acids is 2. The van der Waals surface area contributed by atoms with Crippen molar-refractivity contribution >= 4 is 22.7 Å². The minimum absolute atomic E-state index is 0.0573. The van der Waals surface area contributed by atoms with E-state index in [4.69, 9.17) is 10.00 Å². The number of nitrogens with zero attached hydrogens (tertiary/aromatic N) is 1. The van der Waals surface area contributed by atoms with E-state index in [0.29, 0.717) is 28.8 Å². The molecule has 0 saturated carbocycles. The number of aromatic amines is 1. The van der Waals surface area contributed by atoms with Crippen LogP contribution >= 0.6 is 0 Å². The highest BCUT2D eigenvalue weighted by atomic mass is 16.5. The number of carbonyl (C=O) groups is 2. The van der Waals surface area contributed by atoms with Gasteiger partial charge in [-0.2, -0.15) is 5.26 Å². The van der Waals surface area contributed by atoms with Crippen LogP contribution in [0.1, 0.15) is 43.4 Å². The molecule has 0 aliphatic heterocycles. The molecule has 0 fully saturated rings. The molecule has 4 aromatic rings. The summed E-state index contributed by atoms with van der Waals surface area (Å²) in [7, 11) is 1.34. The molecule has 0 amide bonds. The van der Waals surface area contributed by atoms with Crippen molar-refractivity contribution in [3.8, 4) is 6.07 Å². The average Bonchev–Trinajstić information content (AvgIpc) is 3.30. The number of H-pyrrole nitrogens is 1. The standard InChI is InChI=1S/C27H23N3O3/c1-33-27(32)21-11-12-22-23(17-30-24(22)15-21)26(31)25(20-5-3-2-4-6-20)29-14-13-18-7-9-19(16-28)10-8-18/h2-12,15,17,25,29-30H,13-14H2,1H3. The van der Waals surface area contributed by atoms with Crippen LogP contribution in [0.4, 0.5) is 0 Å². The number of rotatable bonds is 8. The molecular formula is C27H23N3O3. The number of hydrogen-bond acceptors (Lipinski definition) is 5. The molecular weight excluding hydrogens is 414 g/mol. The summed E-state index contributed by atoms with van der Waals surface area (Å²) in [5.74, 6) is -0.482. The Bertz CT molecular complexity index is 1320. The molecule has 0 spiro atoms. The number of esters is 1. The number of Topliss-reactive ketones (excluding diaryl/α,β-unsaturated/α-hetero) is 1. The van der Waals surface area contributed by atoms with Gasteiger partial charge in [-0.05, 0) is 41.8 Å². The number of aromatic nitrogens is 1. The summed E-state index contributed by atoms with van der Waals surface area (Å²) in [6.45, 7) is 0.589. The van der Waals surface area contributed by atoms with Crippen molar-refractivity contribution in [2.75, 3.05) is 13.7 Å². The highest BCUT2D eigenvalue weighted by molar-refractivity contribution is 6.11. The van der Waals surface area contributed by atoms with Gasteiger partial charge in [0.15, 0.2) is 5.78 Å². The number of benzene rings is 3. The molecule has 0 aliphatic carbocycles. The molecule has 4 rings (SSSR count). The Balaban J connectivity index is 1.57.